The van der Waals surface area contributed by atoms with Crippen LogP contribution in [0.5, 0.6) is 0 Å². The van der Waals surface area contributed by atoms with E-state index in [4.69, 9.17) is 0 Å². The summed E-state index contributed by atoms with van der Waals surface area (Å²) in [6.07, 6.45) is 2.50. The maximum atomic E-state index is 11.6. The molecular weight excluding hydrogens is 234 g/mol. The van der Waals surface area contributed by atoms with Crippen LogP contribution in [-0.4, -0.2) is 15.6 Å². The molecule has 0 saturated heterocycles. The second-order valence-electron chi connectivity index (χ2n) is 3.22. The van der Waals surface area contributed by atoms with Gasteiger partial charge in [-0.3, -0.25) is 9.36 Å². The molecule has 1 unspecified atom stereocenters. The van der Waals surface area contributed by atoms with Gasteiger partial charge in [-0.25, -0.2) is 4.98 Å². The second kappa shape index (κ2) is 3.14. The predicted octanol–water partition coefficient (Wildman–Crippen LogP) is 1.21. The lowest BCUT2D eigenvalue weighted by atomic mass is 10.2. The van der Waals surface area contributed by atoms with Crippen molar-refractivity contribution in [2.24, 2.45) is 0 Å². The number of nitrogens with one attached hydrogen (secondary N) is 1. The van der Waals surface area contributed by atoms with Crippen molar-refractivity contribution in [1.29, 1.82) is 0 Å². The summed E-state index contributed by atoms with van der Waals surface area (Å²) in [7, 11) is 0. The minimum absolute atomic E-state index is 0.00981. The molecule has 1 aromatic heterocycles. The van der Waals surface area contributed by atoms with Crippen molar-refractivity contribution in [2.75, 3.05) is 5.32 Å². The van der Waals surface area contributed by atoms with Gasteiger partial charge in [-0.1, -0.05) is 0 Å². The Bertz CT molecular complexity index is 387. The van der Waals surface area contributed by atoms with Crippen LogP contribution in [0.25, 0.3) is 0 Å². The molecule has 5 heteroatoms. The van der Waals surface area contributed by atoms with E-state index in [0.717, 1.165) is 13.0 Å². The molecule has 1 aliphatic rings. The number of hydrogen-bond donors (Lipinski definition) is 1. The first-order valence-electron chi connectivity index (χ1n) is 4.20. The minimum Gasteiger partial charge on any atom is -0.353 e. The standard InChI is InChI=1S/C8H10BrN3O/c1-5-2-3-12-7(13)6(9)4-10-8(12)11-5/h4-5H,2-3H2,1H3,(H,10,11). The summed E-state index contributed by atoms with van der Waals surface area (Å²) in [5.41, 5.74) is -0.00981. The van der Waals surface area contributed by atoms with Crippen molar-refractivity contribution in [2.45, 2.75) is 25.9 Å². The Labute approximate surface area is 84.1 Å². The summed E-state index contributed by atoms with van der Waals surface area (Å²) in [5.74, 6) is 0.673. The molecule has 0 spiro atoms. The molecule has 0 fully saturated rings. The van der Waals surface area contributed by atoms with Crippen LogP contribution in [-0.2, 0) is 6.54 Å². The summed E-state index contributed by atoms with van der Waals surface area (Å²) in [6.45, 7) is 2.83. The molecule has 0 aromatic carbocycles. The Morgan fingerprint density at radius 1 is 1.77 bits per heavy atom. The SMILES string of the molecule is CC1CCn2c(ncc(Br)c2=O)N1. The number of nitrogens with zero attached hydrogens (tertiary/aromatic N) is 2. The molecule has 4 nitrogen and oxygen atoms in total. The van der Waals surface area contributed by atoms with Crippen LogP contribution in [0.4, 0.5) is 5.95 Å². The van der Waals surface area contributed by atoms with Crippen LogP contribution in [0.2, 0.25) is 0 Å². The summed E-state index contributed by atoms with van der Waals surface area (Å²) in [4.78, 5) is 15.7. The number of rotatable bonds is 0. The fourth-order valence-electron chi connectivity index (χ4n) is 1.41. The largest absolute Gasteiger partial charge is 0.353 e. The van der Waals surface area contributed by atoms with Crippen molar-refractivity contribution in [3.8, 4) is 0 Å². The Hall–Kier alpha value is -0.840. The van der Waals surface area contributed by atoms with Gasteiger partial charge in [0, 0.05) is 12.6 Å². The number of hydrogen-bond acceptors (Lipinski definition) is 3. The van der Waals surface area contributed by atoms with Gasteiger partial charge in [0.05, 0.1) is 6.20 Å². The van der Waals surface area contributed by atoms with Crippen molar-refractivity contribution >= 4 is 21.9 Å². The van der Waals surface area contributed by atoms with E-state index in [0.29, 0.717) is 16.5 Å². The smallest absolute Gasteiger partial charge is 0.269 e. The van der Waals surface area contributed by atoms with Crippen molar-refractivity contribution in [1.82, 2.24) is 9.55 Å². The van der Waals surface area contributed by atoms with E-state index >= 15 is 0 Å². The van der Waals surface area contributed by atoms with Gasteiger partial charge < -0.3 is 5.32 Å². The molecule has 0 amide bonds. The summed E-state index contributed by atoms with van der Waals surface area (Å²) in [6, 6.07) is 0.396. The van der Waals surface area contributed by atoms with Crippen LogP contribution in [0.1, 0.15) is 13.3 Å². The van der Waals surface area contributed by atoms with Gasteiger partial charge in [-0.15, -0.1) is 0 Å². The fraction of sp³-hybridized carbons (Fsp3) is 0.500. The van der Waals surface area contributed by atoms with E-state index in [1.807, 2.05) is 0 Å². The first-order chi connectivity index (χ1) is 6.18. The summed E-state index contributed by atoms with van der Waals surface area (Å²) in [5, 5.41) is 3.16. The predicted molar refractivity (Wildman–Crippen MR) is 53.9 cm³/mol. The van der Waals surface area contributed by atoms with Gasteiger partial charge in [0.25, 0.3) is 5.56 Å². The fourth-order valence-corrected chi connectivity index (χ4v) is 1.72. The van der Waals surface area contributed by atoms with Crippen LogP contribution < -0.4 is 10.9 Å². The summed E-state index contributed by atoms with van der Waals surface area (Å²) >= 11 is 3.17. The molecule has 70 valence electrons. The molecule has 0 saturated carbocycles. The first kappa shape index (κ1) is 8.74. The quantitative estimate of drug-likeness (QED) is 0.746. The van der Waals surface area contributed by atoms with E-state index in [2.05, 4.69) is 33.2 Å². The maximum Gasteiger partial charge on any atom is 0.269 e. The van der Waals surface area contributed by atoms with E-state index in [1.165, 1.54) is 0 Å². The van der Waals surface area contributed by atoms with E-state index in [1.54, 1.807) is 10.8 Å². The van der Waals surface area contributed by atoms with E-state index in [-0.39, 0.29) is 5.56 Å². The first-order valence-corrected chi connectivity index (χ1v) is 4.99. The van der Waals surface area contributed by atoms with Crippen LogP contribution in [0, 0.1) is 0 Å². The minimum atomic E-state index is -0.00981. The number of halogens is 1. The lowest BCUT2D eigenvalue weighted by Crippen LogP contribution is -2.34. The van der Waals surface area contributed by atoms with Gasteiger partial charge >= 0.3 is 0 Å². The zero-order valence-corrected chi connectivity index (χ0v) is 8.84. The molecule has 0 aliphatic carbocycles. The Morgan fingerprint density at radius 3 is 3.31 bits per heavy atom. The van der Waals surface area contributed by atoms with Crippen molar-refractivity contribution < 1.29 is 0 Å². The van der Waals surface area contributed by atoms with Crippen LogP contribution >= 0.6 is 15.9 Å². The van der Waals surface area contributed by atoms with E-state index in [9.17, 15) is 4.79 Å². The summed E-state index contributed by atoms with van der Waals surface area (Å²) < 4.78 is 2.18. The van der Waals surface area contributed by atoms with Gasteiger partial charge in [0.15, 0.2) is 0 Å². The highest BCUT2D eigenvalue weighted by molar-refractivity contribution is 9.10. The van der Waals surface area contributed by atoms with E-state index < -0.39 is 0 Å². The normalized spacial score (nSPS) is 20.6. The molecule has 1 atom stereocenters. The monoisotopic (exact) mass is 243 g/mol. The molecule has 0 radical (unpaired) electrons. The average Bonchev–Trinajstić information content (AvgIpc) is 2.12. The number of fused-ring (bicyclic) bond motifs is 1. The Kier molecular flexibility index (Phi) is 2.11. The third kappa shape index (κ3) is 1.48. The van der Waals surface area contributed by atoms with Crippen molar-refractivity contribution in [3.05, 3.63) is 21.0 Å². The molecule has 1 N–H and O–H groups in total. The molecule has 13 heavy (non-hydrogen) atoms. The number of anilines is 1. The lowest BCUT2D eigenvalue weighted by Gasteiger charge is -2.24. The average molecular weight is 244 g/mol. The Morgan fingerprint density at radius 2 is 2.54 bits per heavy atom. The van der Waals surface area contributed by atoms with Gasteiger partial charge in [-0.2, -0.15) is 0 Å². The topological polar surface area (TPSA) is 46.9 Å². The van der Waals surface area contributed by atoms with Gasteiger partial charge in [0.2, 0.25) is 5.95 Å². The number of aromatic nitrogens is 2. The second-order valence-corrected chi connectivity index (χ2v) is 4.07. The molecule has 1 aliphatic heterocycles. The van der Waals surface area contributed by atoms with Gasteiger partial charge in [-0.05, 0) is 29.3 Å². The third-order valence-corrected chi connectivity index (χ3v) is 2.71. The zero-order valence-electron chi connectivity index (χ0n) is 7.25. The molecular formula is C8H10BrN3O. The highest BCUT2D eigenvalue weighted by Gasteiger charge is 2.16. The lowest BCUT2D eigenvalue weighted by molar-refractivity contribution is 0.529. The van der Waals surface area contributed by atoms with Gasteiger partial charge in [0.1, 0.15) is 4.47 Å². The van der Waals surface area contributed by atoms with Crippen LogP contribution in [0.15, 0.2) is 15.5 Å². The Balaban J connectivity index is 2.53. The highest BCUT2D eigenvalue weighted by Crippen LogP contribution is 2.14. The van der Waals surface area contributed by atoms with Crippen LogP contribution in [0.3, 0.4) is 0 Å². The maximum absolute atomic E-state index is 11.6. The molecule has 1 aromatic rings. The third-order valence-electron chi connectivity index (χ3n) is 2.17. The highest BCUT2D eigenvalue weighted by atomic mass is 79.9. The molecule has 0 bridgehead atoms. The van der Waals surface area contributed by atoms with Crippen molar-refractivity contribution in [3.63, 3.8) is 0 Å². The molecule has 2 heterocycles. The molecule has 2 rings (SSSR count). The zero-order chi connectivity index (χ0) is 9.42.